The first-order valence-electron chi connectivity index (χ1n) is 7.89. The van der Waals surface area contributed by atoms with Crippen LogP contribution in [0.4, 0.5) is 17.1 Å². The molecule has 3 rings (SSSR count). The lowest BCUT2D eigenvalue weighted by atomic mass is 9.96. The van der Waals surface area contributed by atoms with Crippen LogP contribution in [0, 0.1) is 10.1 Å². The molecule has 0 atom stereocenters. The van der Waals surface area contributed by atoms with E-state index in [4.69, 9.17) is 0 Å². The van der Waals surface area contributed by atoms with Gasteiger partial charge in [0.05, 0.1) is 4.92 Å². The molecule has 0 aromatic heterocycles. The molecule has 126 valence electrons. The molecule has 25 heavy (non-hydrogen) atoms. The molecule has 0 aliphatic rings. The topological polar surface area (TPSA) is 88.1 Å². The van der Waals surface area contributed by atoms with Crippen molar-refractivity contribution < 1.29 is 10.0 Å². The molecular weight excluding hydrogens is 318 g/mol. The van der Waals surface area contributed by atoms with E-state index in [-0.39, 0.29) is 23.0 Å². The van der Waals surface area contributed by atoms with E-state index in [2.05, 4.69) is 10.2 Å². The van der Waals surface area contributed by atoms with Gasteiger partial charge in [-0.3, -0.25) is 10.1 Å². The molecule has 0 bridgehead atoms. The van der Waals surface area contributed by atoms with Gasteiger partial charge in [0.2, 0.25) is 0 Å². The van der Waals surface area contributed by atoms with Crippen LogP contribution in [-0.4, -0.2) is 10.0 Å². The van der Waals surface area contributed by atoms with Crippen molar-refractivity contribution in [2.75, 3.05) is 0 Å². The van der Waals surface area contributed by atoms with Crippen molar-refractivity contribution in [2.45, 2.75) is 19.8 Å². The van der Waals surface area contributed by atoms with Gasteiger partial charge in [-0.25, -0.2) is 0 Å². The highest BCUT2D eigenvalue weighted by Gasteiger charge is 2.16. The van der Waals surface area contributed by atoms with Crippen LogP contribution in [0.5, 0.6) is 5.75 Å². The summed E-state index contributed by atoms with van der Waals surface area (Å²) in [6.45, 7) is 3.96. The fourth-order valence-electron chi connectivity index (χ4n) is 2.69. The summed E-state index contributed by atoms with van der Waals surface area (Å²) in [5, 5.41) is 31.6. The summed E-state index contributed by atoms with van der Waals surface area (Å²) in [5.41, 5.74) is 1.09. The summed E-state index contributed by atoms with van der Waals surface area (Å²) in [5.74, 6) is 0.153. The van der Waals surface area contributed by atoms with E-state index >= 15 is 0 Å². The Morgan fingerprint density at radius 3 is 2.44 bits per heavy atom. The molecule has 0 aliphatic heterocycles. The summed E-state index contributed by atoms with van der Waals surface area (Å²) >= 11 is 0. The first kappa shape index (κ1) is 16.6. The van der Waals surface area contributed by atoms with Gasteiger partial charge >= 0.3 is 0 Å². The minimum atomic E-state index is -0.503. The summed E-state index contributed by atoms with van der Waals surface area (Å²) in [7, 11) is 0. The van der Waals surface area contributed by atoms with Crippen molar-refractivity contribution in [1.82, 2.24) is 0 Å². The summed E-state index contributed by atoms with van der Waals surface area (Å²) in [6.07, 6.45) is 0. The first-order chi connectivity index (χ1) is 12.0. The number of hydrogen-bond donors (Lipinski definition) is 1. The van der Waals surface area contributed by atoms with E-state index in [1.165, 1.54) is 12.1 Å². The Bertz CT molecular complexity index is 981. The maximum Gasteiger partial charge on any atom is 0.296 e. The largest absolute Gasteiger partial charge is 0.505 e. The summed E-state index contributed by atoms with van der Waals surface area (Å²) in [4.78, 5) is 10.6. The van der Waals surface area contributed by atoms with E-state index < -0.39 is 4.92 Å². The molecule has 1 N–H and O–H groups in total. The molecule has 6 nitrogen and oxygen atoms in total. The minimum absolute atomic E-state index is 0.0519. The third-order valence-electron chi connectivity index (χ3n) is 3.98. The van der Waals surface area contributed by atoms with Crippen LogP contribution in [0.1, 0.15) is 25.3 Å². The Kier molecular flexibility index (Phi) is 4.43. The van der Waals surface area contributed by atoms with Crippen molar-refractivity contribution >= 4 is 27.8 Å². The molecule has 0 fully saturated rings. The maximum atomic E-state index is 11.1. The SMILES string of the molecule is CC(C)c1cc2ccccc2c(N=Nc2ccccc2[N+](=O)[O-])c1O. The number of benzene rings is 3. The molecule has 3 aromatic carbocycles. The van der Waals surface area contributed by atoms with Crippen LogP contribution in [0.2, 0.25) is 0 Å². The van der Waals surface area contributed by atoms with E-state index in [1.807, 2.05) is 44.2 Å². The minimum Gasteiger partial charge on any atom is -0.505 e. The molecule has 0 aliphatic carbocycles. The lowest BCUT2D eigenvalue weighted by molar-refractivity contribution is -0.384. The molecule has 0 radical (unpaired) electrons. The lowest BCUT2D eigenvalue weighted by Gasteiger charge is -2.12. The number of fused-ring (bicyclic) bond motifs is 1. The van der Waals surface area contributed by atoms with Gasteiger partial charge in [-0.15, -0.1) is 10.2 Å². The van der Waals surface area contributed by atoms with Crippen LogP contribution < -0.4 is 0 Å². The van der Waals surface area contributed by atoms with Crippen molar-refractivity contribution in [1.29, 1.82) is 0 Å². The highest BCUT2D eigenvalue weighted by molar-refractivity contribution is 5.96. The van der Waals surface area contributed by atoms with Crippen molar-refractivity contribution in [3.05, 3.63) is 70.3 Å². The van der Waals surface area contributed by atoms with E-state index in [0.29, 0.717) is 5.69 Å². The van der Waals surface area contributed by atoms with Gasteiger partial charge < -0.3 is 5.11 Å². The van der Waals surface area contributed by atoms with Crippen LogP contribution in [0.25, 0.3) is 10.8 Å². The molecule has 0 saturated heterocycles. The quantitative estimate of drug-likeness (QED) is 0.360. The van der Waals surface area contributed by atoms with E-state index in [0.717, 1.165) is 16.3 Å². The number of para-hydroxylation sites is 1. The molecular formula is C19H17N3O3. The third-order valence-corrected chi connectivity index (χ3v) is 3.98. The van der Waals surface area contributed by atoms with E-state index in [1.54, 1.807) is 12.1 Å². The molecule has 0 saturated carbocycles. The number of phenolic OH excluding ortho intramolecular Hbond substituents is 1. The average molecular weight is 335 g/mol. The fourth-order valence-corrected chi connectivity index (χ4v) is 2.69. The van der Waals surface area contributed by atoms with Gasteiger partial charge in [-0.05, 0) is 29.0 Å². The maximum absolute atomic E-state index is 11.1. The summed E-state index contributed by atoms with van der Waals surface area (Å²) < 4.78 is 0. The first-order valence-corrected chi connectivity index (χ1v) is 7.89. The van der Waals surface area contributed by atoms with Crippen LogP contribution in [0.3, 0.4) is 0 Å². The van der Waals surface area contributed by atoms with Gasteiger partial charge in [0.25, 0.3) is 5.69 Å². The Morgan fingerprint density at radius 1 is 1.04 bits per heavy atom. The van der Waals surface area contributed by atoms with Crippen molar-refractivity contribution in [3.8, 4) is 5.75 Å². The Morgan fingerprint density at radius 2 is 1.72 bits per heavy atom. The monoisotopic (exact) mass is 335 g/mol. The lowest BCUT2D eigenvalue weighted by Crippen LogP contribution is -1.90. The summed E-state index contributed by atoms with van der Waals surface area (Å²) in [6, 6.07) is 15.6. The average Bonchev–Trinajstić information content (AvgIpc) is 2.60. The normalized spacial score (nSPS) is 11.5. The van der Waals surface area contributed by atoms with Crippen molar-refractivity contribution in [3.63, 3.8) is 0 Å². The highest BCUT2D eigenvalue weighted by atomic mass is 16.6. The van der Waals surface area contributed by atoms with Gasteiger partial charge in [-0.2, -0.15) is 0 Å². The van der Waals surface area contributed by atoms with Crippen molar-refractivity contribution in [2.24, 2.45) is 10.2 Å². The van der Waals surface area contributed by atoms with Gasteiger partial charge in [-0.1, -0.05) is 50.2 Å². The Labute approximate surface area is 144 Å². The predicted octanol–water partition coefficient (Wildman–Crippen LogP) is 5.99. The standard InChI is InChI=1S/C19H17N3O3/c1-12(2)15-11-13-7-3-4-8-14(13)18(19(15)23)21-20-16-9-5-6-10-17(16)22(24)25/h3-12,23H,1-2H3. The van der Waals surface area contributed by atoms with Gasteiger partial charge in [0, 0.05) is 11.5 Å². The molecule has 0 spiro atoms. The second-order valence-electron chi connectivity index (χ2n) is 5.98. The highest BCUT2D eigenvalue weighted by Crippen LogP contribution is 2.42. The number of rotatable bonds is 4. The smallest absolute Gasteiger partial charge is 0.296 e. The van der Waals surface area contributed by atoms with Gasteiger partial charge in [0.1, 0.15) is 11.4 Å². The number of azo groups is 1. The Hall–Kier alpha value is -3.28. The fraction of sp³-hybridized carbons (Fsp3) is 0.158. The van der Waals surface area contributed by atoms with Crippen LogP contribution >= 0.6 is 0 Å². The zero-order valence-corrected chi connectivity index (χ0v) is 13.9. The van der Waals surface area contributed by atoms with Gasteiger partial charge in [0.15, 0.2) is 5.69 Å². The molecule has 0 amide bonds. The number of nitro benzene ring substituents is 1. The number of aromatic hydroxyl groups is 1. The second-order valence-corrected chi connectivity index (χ2v) is 5.98. The molecule has 0 unspecified atom stereocenters. The predicted molar refractivity (Wildman–Crippen MR) is 97.0 cm³/mol. The molecule has 0 heterocycles. The zero-order chi connectivity index (χ0) is 18.0. The van der Waals surface area contributed by atoms with E-state index in [9.17, 15) is 15.2 Å². The molecule has 6 heteroatoms. The second kappa shape index (κ2) is 6.68. The number of hydrogen-bond acceptors (Lipinski definition) is 5. The molecule has 3 aromatic rings. The Balaban J connectivity index is 2.19. The van der Waals surface area contributed by atoms with Crippen LogP contribution in [-0.2, 0) is 0 Å². The van der Waals surface area contributed by atoms with Crippen LogP contribution in [0.15, 0.2) is 64.8 Å². The number of nitro groups is 1. The zero-order valence-electron chi connectivity index (χ0n) is 13.9. The number of nitrogens with zero attached hydrogens (tertiary/aromatic N) is 3. The number of phenols is 1. The third kappa shape index (κ3) is 3.19.